The van der Waals surface area contributed by atoms with Gasteiger partial charge in [-0.2, -0.15) is 0 Å². The molecule has 1 amide bonds. The van der Waals surface area contributed by atoms with Crippen molar-refractivity contribution in [1.82, 2.24) is 16.0 Å². The quantitative estimate of drug-likeness (QED) is 0.316. The number of carbonyl (C=O) groups excluding carboxylic acids is 1. The predicted molar refractivity (Wildman–Crippen MR) is 116 cm³/mol. The number of amides is 1. The Morgan fingerprint density at radius 1 is 1.12 bits per heavy atom. The highest BCUT2D eigenvalue weighted by atomic mass is 127. The van der Waals surface area contributed by atoms with E-state index in [2.05, 4.69) is 20.9 Å². The second kappa shape index (κ2) is 10.7. The fourth-order valence-corrected chi connectivity index (χ4v) is 2.61. The van der Waals surface area contributed by atoms with E-state index in [4.69, 9.17) is 0 Å². The van der Waals surface area contributed by atoms with Gasteiger partial charge in [-0.15, -0.1) is 24.0 Å². The van der Waals surface area contributed by atoms with E-state index in [1.54, 1.807) is 24.3 Å². The largest absolute Gasteiger partial charge is 0.357 e. The zero-order valence-corrected chi connectivity index (χ0v) is 19.1. The zero-order valence-electron chi connectivity index (χ0n) is 15.9. The molecule has 0 saturated carbocycles. The summed E-state index contributed by atoms with van der Waals surface area (Å²) in [6.45, 7) is 8.86. The maximum absolute atomic E-state index is 11.9. The molecule has 0 unspecified atom stereocenters. The van der Waals surface area contributed by atoms with Gasteiger partial charge in [0.2, 0.25) is 5.91 Å². The molecular formula is C17H29IN4O3S. The van der Waals surface area contributed by atoms with E-state index in [1.165, 1.54) is 6.26 Å². The van der Waals surface area contributed by atoms with Crippen molar-refractivity contribution < 1.29 is 13.2 Å². The Morgan fingerprint density at radius 3 is 2.15 bits per heavy atom. The number of aliphatic imine (C=N–C) groups is 1. The number of rotatable bonds is 6. The van der Waals surface area contributed by atoms with Crippen molar-refractivity contribution in [2.45, 2.75) is 44.7 Å². The van der Waals surface area contributed by atoms with Crippen LogP contribution in [0.5, 0.6) is 0 Å². The summed E-state index contributed by atoms with van der Waals surface area (Å²) in [6, 6.07) is 6.60. The molecule has 0 radical (unpaired) electrons. The van der Waals surface area contributed by atoms with Crippen LogP contribution in [0.15, 0.2) is 34.2 Å². The van der Waals surface area contributed by atoms with E-state index in [0.717, 1.165) is 5.56 Å². The summed E-state index contributed by atoms with van der Waals surface area (Å²) in [6.07, 6.45) is 1.18. The minimum atomic E-state index is -3.20. The van der Waals surface area contributed by atoms with E-state index in [-0.39, 0.29) is 46.9 Å². The van der Waals surface area contributed by atoms with Crippen LogP contribution in [0.2, 0.25) is 0 Å². The van der Waals surface area contributed by atoms with Gasteiger partial charge in [0.1, 0.15) is 0 Å². The number of hydrogen-bond acceptors (Lipinski definition) is 4. The predicted octanol–water partition coefficient (Wildman–Crippen LogP) is 1.68. The van der Waals surface area contributed by atoms with Gasteiger partial charge in [0, 0.05) is 18.3 Å². The Labute approximate surface area is 173 Å². The van der Waals surface area contributed by atoms with Crippen LogP contribution in [0, 0.1) is 0 Å². The van der Waals surface area contributed by atoms with Crippen molar-refractivity contribution >= 4 is 45.7 Å². The Morgan fingerprint density at radius 2 is 1.69 bits per heavy atom. The van der Waals surface area contributed by atoms with Gasteiger partial charge >= 0.3 is 0 Å². The van der Waals surface area contributed by atoms with Gasteiger partial charge in [0.25, 0.3) is 0 Å². The second-order valence-corrected chi connectivity index (χ2v) is 8.78. The third-order valence-electron chi connectivity index (χ3n) is 3.05. The Balaban J connectivity index is 0.00000625. The van der Waals surface area contributed by atoms with Gasteiger partial charge in [-0.05, 0) is 45.4 Å². The fraction of sp³-hybridized carbons (Fsp3) is 0.529. The van der Waals surface area contributed by atoms with E-state index in [9.17, 15) is 13.2 Å². The fourth-order valence-electron chi connectivity index (χ4n) is 1.98. The molecule has 9 heteroatoms. The minimum absolute atomic E-state index is 0. The lowest BCUT2D eigenvalue weighted by Gasteiger charge is -2.21. The topological polar surface area (TPSA) is 99.7 Å². The zero-order chi connectivity index (χ0) is 19.1. The lowest BCUT2D eigenvalue weighted by Crippen LogP contribution is -2.48. The molecule has 1 rings (SSSR count). The molecule has 0 fully saturated rings. The molecule has 0 aliphatic heterocycles. The molecule has 1 aromatic rings. The molecule has 0 aromatic heterocycles. The van der Waals surface area contributed by atoms with Crippen molar-refractivity contribution in [3.8, 4) is 0 Å². The Kier molecular flexibility index (Phi) is 10.1. The Hall–Kier alpha value is -1.36. The SMILES string of the molecule is CCNC(=NCc1ccc(S(C)(=O)=O)cc1)NCC(=O)NC(C)(C)C.I. The standard InChI is InChI=1S/C17H28N4O3S.HI/c1-6-18-16(20-12-15(22)21-17(2,3)4)19-11-13-7-9-14(10-8-13)25(5,23)24;/h7-10H,6,11-12H2,1-5H3,(H,21,22)(H2,18,19,20);1H. The molecular weight excluding hydrogens is 467 g/mol. The summed E-state index contributed by atoms with van der Waals surface area (Å²) in [7, 11) is -3.20. The van der Waals surface area contributed by atoms with Crippen LogP contribution in [-0.2, 0) is 21.2 Å². The molecule has 26 heavy (non-hydrogen) atoms. The molecule has 0 bridgehead atoms. The van der Waals surface area contributed by atoms with Gasteiger partial charge in [-0.25, -0.2) is 13.4 Å². The van der Waals surface area contributed by atoms with Crippen LogP contribution in [0.1, 0.15) is 33.3 Å². The van der Waals surface area contributed by atoms with Crippen LogP contribution in [0.3, 0.4) is 0 Å². The van der Waals surface area contributed by atoms with Crippen LogP contribution in [-0.4, -0.2) is 45.2 Å². The summed E-state index contributed by atoms with van der Waals surface area (Å²) >= 11 is 0. The summed E-state index contributed by atoms with van der Waals surface area (Å²) in [5.41, 5.74) is 0.596. The third-order valence-corrected chi connectivity index (χ3v) is 4.17. The molecule has 0 aliphatic carbocycles. The number of guanidine groups is 1. The molecule has 148 valence electrons. The third kappa shape index (κ3) is 9.95. The van der Waals surface area contributed by atoms with Crippen molar-refractivity contribution in [1.29, 1.82) is 0 Å². The first kappa shape index (κ1) is 24.6. The highest BCUT2D eigenvalue weighted by Gasteiger charge is 2.13. The number of nitrogens with zero attached hydrogens (tertiary/aromatic N) is 1. The molecule has 1 aromatic carbocycles. The monoisotopic (exact) mass is 496 g/mol. The number of nitrogens with one attached hydrogen (secondary N) is 3. The summed E-state index contributed by atoms with van der Waals surface area (Å²) < 4.78 is 22.9. The van der Waals surface area contributed by atoms with Gasteiger partial charge in [-0.1, -0.05) is 12.1 Å². The molecule has 0 heterocycles. The van der Waals surface area contributed by atoms with Crippen LogP contribution < -0.4 is 16.0 Å². The summed E-state index contributed by atoms with van der Waals surface area (Å²) in [5, 5.41) is 8.92. The first-order chi connectivity index (χ1) is 11.5. The highest BCUT2D eigenvalue weighted by Crippen LogP contribution is 2.10. The maximum Gasteiger partial charge on any atom is 0.239 e. The van der Waals surface area contributed by atoms with E-state index < -0.39 is 9.84 Å². The first-order valence-corrected chi connectivity index (χ1v) is 10.0. The van der Waals surface area contributed by atoms with Gasteiger partial charge in [0.05, 0.1) is 18.0 Å². The Bertz CT molecular complexity index is 711. The van der Waals surface area contributed by atoms with Crippen LogP contribution >= 0.6 is 24.0 Å². The average Bonchev–Trinajstić information content (AvgIpc) is 2.48. The van der Waals surface area contributed by atoms with Gasteiger partial charge < -0.3 is 16.0 Å². The van der Waals surface area contributed by atoms with E-state index >= 15 is 0 Å². The number of hydrogen-bond donors (Lipinski definition) is 3. The molecule has 0 saturated heterocycles. The minimum Gasteiger partial charge on any atom is -0.357 e. The highest BCUT2D eigenvalue weighted by molar-refractivity contribution is 14.0. The first-order valence-electron chi connectivity index (χ1n) is 8.13. The smallest absolute Gasteiger partial charge is 0.239 e. The lowest BCUT2D eigenvalue weighted by molar-refractivity contribution is -0.121. The number of sulfone groups is 1. The normalized spacial score (nSPS) is 12.1. The summed E-state index contributed by atoms with van der Waals surface area (Å²) in [5.74, 6) is 0.411. The molecule has 0 atom stereocenters. The van der Waals surface area contributed by atoms with Gasteiger partial charge in [-0.3, -0.25) is 4.79 Å². The lowest BCUT2D eigenvalue weighted by atomic mass is 10.1. The van der Waals surface area contributed by atoms with Crippen molar-refractivity contribution in [3.05, 3.63) is 29.8 Å². The van der Waals surface area contributed by atoms with Crippen LogP contribution in [0.4, 0.5) is 0 Å². The molecule has 0 aliphatic rings. The molecule has 3 N–H and O–H groups in total. The molecule has 0 spiro atoms. The average molecular weight is 496 g/mol. The summed E-state index contributed by atoms with van der Waals surface area (Å²) in [4.78, 5) is 16.6. The number of benzene rings is 1. The van der Waals surface area contributed by atoms with Crippen molar-refractivity contribution in [3.63, 3.8) is 0 Å². The molecule has 7 nitrogen and oxygen atoms in total. The van der Waals surface area contributed by atoms with E-state index in [1.807, 2.05) is 27.7 Å². The van der Waals surface area contributed by atoms with Crippen molar-refractivity contribution in [2.24, 2.45) is 4.99 Å². The number of carbonyl (C=O) groups is 1. The second-order valence-electron chi connectivity index (χ2n) is 6.76. The van der Waals surface area contributed by atoms with E-state index in [0.29, 0.717) is 19.0 Å². The maximum atomic E-state index is 11.9. The van der Waals surface area contributed by atoms with Crippen LogP contribution in [0.25, 0.3) is 0 Å². The van der Waals surface area contributed by atoms with Gasteiger partial charge in [0.15, 0.2) is 15.8 Å². The van der Waals surface area contributed by atoms with Crippen molar-refractivity contribution in [2.75, 3.05) is 19.3 Å². The number of halogens is 1.